The number of phenolic OH excluding ortho intramolecular Hbond substituents is 2. The lowest BCUT2D eigenvalue weighted by atomic mass is 10.1. The summed E-state index contributed by atoms with van der Waals surface area (Å²) in [5.41, 5.74) is 0.547. The number of aromatic hydroxyl groups is 2. The van der Waals surface area contributed by atoms with Crippen LogP contribution in [0.1, 0.15) is 10.4 Å². The summed E-state index contributed by atoms with van der Waals surface area (Å²) in [6, 6.07) is 5.46. The molecule has 5 heteroatoms. The van der Waals surface area contributed by atoms with E-state index in [-0.39, 0.29) is 22.8 Å². The van der Waals surface area contributed by atoms with Crippen LogP contribution in [0.2, 0.25) is 0 Å². The Labute approximate surface area is 96.9 Å². The average molecular weight is 234 g/mol. The van der Waals surface area contributed by atoms with Crippen molar-refractivity contribution >= 4 is 5.97 Å². The number of carbonyl (C=O) groups is 1. The molecule has 0 aliphatic carbocycles. The second kappa shape index (κ2) is 4.21. The number of methoxy groups -OCH3 is 1. The van der Waals surface area contributed by atoms with Crippen LogP contribution in [0.3, 0.4) is 0 Å². The first-order chi connectivity index (χ1) is 8.11. The average Bonchev–Trinajstić information content (AvgIpc) is 2.80. The molecule has 2 aromatic rings. The molecule has 2 rings (SSSR count). The van der Waals surface area contributed by atoms with Crippen molar-refractivity contribution in [3.63, 3.8) is 0 Å². The van der Waals surface area contributed by atoms with Crippen LogP contribution >= 0.6 is 0 Å². The highest BCUT2D eigenvalue weighted by atomic mass is 16.5. The van der Waals surface area contributed by atoms with E-state index >= 15 is 0 Å². The standard InChI is InChI=1S/C12H10O5/c1-16-12(15)7-4-11(17-6-7)9-5-8(13)2-3-10(9)14/h2-6,13-14H,1H3. The van der Waals surface area contributed by atoms with Gasteiger partial charge in [0.1, 0.15) is 23.5 Å². The Kier molecular flexibility index (Phi) is 2.74. The van der Waals surface area contributed by atoms with Crippen LogP contribution in [-0.2, 0) is 4.74 Å². The summed E-state index contributed by atoms with van der Waals surface area (Å²) in [7, 11) is 1.26. The minimum atomic E-state index is -0.528. The predicted octanol–water partition coefficient (Wildman–Crippen LogP) is 2.14. The lowest BCUT2D eigenvalue weighted by Crippen LogP contribution is -1.98. The van der Waals surface area contributed by atoms with Crippen molar-refractivity contribution in [2.75, 3.05) is 7.11 Å². The van der Waals surface area contributed by atoms with E-state index in [1.807, 2.05) is 0 Å². The van der Waals surface area contributed by atoms with E-state index in [9.17, 15) is 15.0 Å². The maximum atomic E-state index is 11.2. The van der Waals surface area contributed by atoms with E-state index in [0.29, 0.717) is 5.56 Å². The van der Waals surface area contributed by atoms with Crippen molar-refractivity contribution < 1.29 is 24.2 Å². The highest BCUT2D eigenvalue weighted by Crippen LogP contribution is 2.33. The van der Waals surface area contributed by atoms with Gasteiger partial charge >= 0.3 is 5.97 Å². The van der Waals surface area contributed by atoms with Crippen molar-refractivity contribution in [2.24, 2.45) is 0 Å². The summed E-state index contributed by atoms with van der Waals surface area (Å²) in [5, 5.41) is 18.9. The molecular weight excluding hydrogens is 224 g/mol. The third-order valence-electron chi connectivity index (χ3n) is 2.27. The van der Waals surface area contributed by atoms with Crippen molar-refractivity contribution in [2.45, 2.75) is 0 Å². The zero-order valence-electron chi connectivity index (χ0n) is 9.01. The number of carbonyl (C=O) groups excluding carboxylic acids is 1. The van der Waals surface area contributed by atoms with Crippen LogP contribution in [0, 0.1) is 0 Å². The van der Waals surface area contributed by atoms with Crippen molar-refractivity contribution in [1.82, 2.24) is 0 Å². The smallest absolute Gasteiger partial charge is 0.341 e. The Balaban J connectivity index is 2.43. The number of esters is 1. The first-order valence-corrected chi connectivity index (χ1v) is 4.81. The highest BCUT2D eigenvalue weighted by Gasteiger charge is 2.14. The molecule has 0 fully saturated rings. The van der Waals surface area contributed by atoms with E-state index in [1.165, 1.54) is 37.6 Å². The van der Waals surface area contributed by atoms with E-state index < -0.39 is 5.97 Å². The number of phenols is 2. The molecule has 0 aliphatic rings. The SMILES string of the molecule is COC(=O)c1coc(-c2cc(O)ccc2O)c1. The Morgan fingerprint density at radius 1 is 1.29 bits per heavy atom. The van der Waals surface area contributed by atoms with Gasteiger partial charge in [-0.25, -0.2) is 4.79 Å². The second-order valence-corrected chi connectivity index (χ2v) is 3.39. The zero-order chi connectivity index (χ0) is 12.4. The number of ether oxygens (including phenoxy) is 1. The van der Waals surface area contributed by atoms with Gasteiger partial charge < -0.3 is 19.4 Å². The maximum absolute atomic E-state index is 11.2. The van der Waals surface area contributed by atoms with Crippen LogP contribution in [0.4, 0.5) is 0 Å². The van der Waals surface area contributed by atoms with Gasteiger partial charge in [0.05, 0.1) is 18.2 Å². The molecule has 0 saturated heterocycles. The van der Waals surface area contributed by atoms with Gasteiger partial charge in [0.25, 0.3) is 0 Å². The molecule has 0 atom stereocenters. The summed E-state index contributed by atoms with van der Waals surface area (Å²) in [6.45, 7) is 0. The molecule has 0 spiro atoms. The molecule has 0 bridgehead atoms. The van der Waals surface area contributed by atoms with E-state index in [0.717, 1.165) is 0 Å². The van der Waals surface area contributed by atoms with Crippen LogP contribution in [-0.4, -0.2) is 23.3 Å². The second-order valence-electron chi connectivity index (χ2n) is 3.39. The summed E-state index contributed by atoms with van der Waals surface area (Å²) >= 11 is 0. The van der Waals surface area contributed by atoms with Gasteiger partial charge in [-0.05, 0) is 24.3 Å². The Morgan fingerprint density at radius 3 is 2.76 bits per heavy atom. The number of hydrogen-bond acceptors (Lipinski definition) is 5. The molecule has 5 nitrogen and oxygen atoms in total. The van der Waals surface area contributed by atoms with Crippen LogP contribution < -0.4 is 0 Å². The van der Waals surface area contributed by atoms with Crippen LogP contribution in [0.15, 0.2) is 34.9 Å². The number of benzene rings is 1. The maximum Gasteiger partial charge on any atom is 0.341 e. The predicted molar refractivity (Wildman–Crippen MR) is 58.8 cm³/mol. The minimum Gasteiger partial charge on any atom is -0.508 e. The van der Waals surface area contributed by atoms with Crippen LogP contribution in [0.5, 0.6) is 11.5 Å². The molecule has 17 heavy (non-hydrogen) atoms. The van der Waals surface area contributed by atoms with Gasteiger partial charge in [0.15, 0.2) is 0 Å². The Bertz CT molecular complexity index is 556. The molecule has 0 saturated carbocycles. The number of furan rings is 1. The van der Waals surface area contributed by atoms with Gasteiger partial charge in [-0.1, -0.05) is 0 Å². The van der Waals surface area contributed by atoms with E-state index in [4.69, 9.17) is 4.42 Å². The first-order valence-electron chi connectivity index (χ1n) is 4.81. The molecule has 2 N–H and O–H groups in total. The fourth-order valence-corrected chi connectivity index (χ4v) is 1.42. The number of rotatable bonds is 2. The Morgan fingerprint density at radius 2 is 2.06 bits per heavy atom. The van der Waals surface area contributed by atoms with Crippen molar-refractivity contribution in [3.8, 4) is 22.8 Å². The molecule has 88 valence electrons. The fourth-order valence-electron chi connectivity index (χ4n) is 1.42. The molecular formula is C12H10O5. The highest BCUT2D eigenvalue weighted by molar-refractivity contribution is 5.90. The lowest BCUT2D eigenvalue weighted by Gasteiger charge is -2.01. The fraction of sp³-hybridized carbons (Fsp3) is 0.0833. The topological polar surface area (TPSA) is 79.9 Å². The first kappa shape index (κ1) is 11.1. The molecule has 1 aromatic heterocycles. The molecule has 0 amide bonds. The molecule has 0 aliphatic heterocycles. The summed E-state index contributed by atoms with van der Waals surface area (Å²) < 4.78 is 9.67. The molecule has 0 radical (unpaired) electrons. The van der Waals surface area contributed by atoms with Gasteiger partial charge in [0.2, 0.25) is 0 Å². The number of hydrogen-bond donors (Lipinski definition) is 2. The third kappa shape index (κ3) is 2.08. The van der Waals surface area contributed by atoms with Gasteiger partial charge in [-0.2, -0.15) is 0 Å². The van der Waals surface area contributed by atoms with E-state index in [2.05, 4.69) is 4.74 Å². The van der Waals surface area contributed by atoms with Crippen molar-refractivity contribution in [3.05, 3.63) is 36.1 Å². The summed E-state index contributed by atoms with van der Waals surface area (Å²) in [5.74, 6) is -0.305. The quantitative estimate of drug-likeness (QED) is 0.614. The molecule has 0 unspecified atom stereocenters. The third-order valence-corrected chi connectivity index (χ3v) is 2.27. The minimum absolute atomic E-state index is 0.00572. The molecule has 1 heterocycles. The summed E-state index contributed by atoms with van der Waals surface area (Å²) in [6.07, 6.45) is 1.23. The lowest BCUT2D eigenvalue weighted by molar-refractivity contribution is 0.0600. The van der Waals surface area contributed by atoms with Crippen molar-refractivity contribution in [1.29, 1.82) is 0 Å². The normalized spacial score (nSPS) is 10.2. The zero-order valence-corrected chi connectivity index (χ0v) is 9.01. The van der Waals surface area contributed by atoms with Gasteiger partial charge in [-0.15, -0.1) is 0 Å². The van der Waals surface area contributed by atoms with E-state index in [1.54, 1.807) is 0 Å². The van der Waals surface area contributed by atoms with Gasteiger partial charge in [-0.3, -0.25) is 0 Å². The van der Waals surface area contributed by atoms with Crippen LogP contribution in [0.25, 0.3) is 11.3 Å². The summed E-state index contributed by atoms with van der Waals surface area (Å²) in [4.78, 5) is 11.2. The largest absolute Gasteiger partial charge is 0.508 e. The van der Waals surface area contributed by atoms with Gasteiger partial charge in [0, 0.05) is 0 Å². The molecule has 1 aromatic carbocycles. The Hall–Kier alpha value is -2.43. The monoisotopic (exact) mass is 234 g/mol.